The Hall–Kier alpha value is -3.07. The van der Waals surface area contributed by atoms with Gasteiger partial charge in [0.2, 0.25) is 5.91 Å². The predicted molar refractivity (Wildman–Crippen MR) is 119 cm³/mol. The van der Waals surface area contributed by atoms with E-state index in [0.29, 0.717) is 5.56 Å². The molecule has 1 aliphatic heterocycles. The van der Waals surface area contributed by atoms with Crippen molar-refractivity contribution in [1.82, 2.24) is 9.96 Å². The molecule has 0 aromatic heterocycles. The largest absolute Gasteiger partial charge is 0.444 e. The quantitative estimate of drug-likeness (QED) is 0.592. The predicted octanol–water partition coefficient (Wildman–Crippen LogP) is 5.22. The van der Waals surface area contributed by atoms with Crippen molar-refractivity contribution in [3.05, 3.63) is 71.3 Å². The van der Waals surface area contributed by atoms with Crippen molar-refractivity contribution in [3.8, 4) is 0 Å². The Kier molecular flexibility index (Phi) is 7.86. The molecule has 1 aliphatic rings. The van der Waals surface area contributed by atoms with Gasteiger partial charge in [0.05, 0.1) is 18.2 Å². The Labute approximate surface area is 197 Å². The molecule has 0 bridgehead atoms. The van der Waals surface area contributed by atoms with Crippen LogP contribution in [0, 0.1) is 0 Å². The maximum atomic E-state index is 13.2. The Morgan fingerprint density at radius 3 is 2.35 bits per heavy atom. The number of carbonyl (C=O) groups is 2. The molecule has 0 saturated carbocycles. The number of nitrogens with zero attached hydrogens (tertiary/aromatic N) is 2. The van der Waals surface area contributed by atoms with Gasteiger partial charge < -0.3 is 9.64 Å². The van der Waals surface area contributed by atoms with E-state index in [2.05, 4.69) is 0 Å². The summed E-state index contributed by atoms with van der Waals surface area (Å²) >= 11 is 0. The molecule has 1 heterocycles. The molecule has 0 radical (unpaired) electrons. The zero-order valence-corrected chi connectivity index (χ0v) is 19.5. The number of amides is 2. The van der Waals surface area contributed by atoms with E-state index in [1.807, 2.05) is 30.3 Å². The van der Waals surface area contributed by atoms with Crippen LogP contribution in [0.2, 0.25) is 0 Å². The van der Waals surface area contributed by atoms with Gasteiger partial charge in [-0.05, 0) is 44.4 Å². The van der Waals surface area contributed by atoms with Crippen LogP contribution in [-0.4, -0.2) is 46.7 Å². The van der Waals surface area contributed by atoms with E-state index >= 15 is 0 Å². The van der Waals surface area contributed by atoms with Crippen molar-refractivity contribution >= 4 is 12.0 Å². The summed E-state index contributed by atoms with van der Waals surface area (Å²) in [5.41, 5.74) is -0.281. The van der Waals surface area contributed by atoms with E-state index in [1.165, 1.54) is 16.0 Å². The highest BCUT2D eigenvalue weighted by Crippen LogP contribution is 2.30. The second kappa shape index (κ2) is 10.5. The van der Waals surface area contributed by atoms with Crippen molar-refractivity contribution in [1.29, 1.82) is 0 Å². The van der Waals surface area contributed by atoms with Gasteiger partial charge in [-0.3, -0.25) is 9.63 Å². The molecule has 2 aromatic carbocycles. The van der Waals surface area contributed by atoms with Crippen LogP contribution in [0.1, 0.15) is 43.9 Å². The van der Waals surface area contributed by atoms with Crippen molar-refractivity contribution in [2.24, 2.45) is 0 Å². The van der Waals surface area contributed by atoms with Crippen molar-refractivity contribution in [2.75, 3.05) is 13.1 Å². The van der Waals surface area contributed by atoms with E-state index in [-0.39, 0.29) is 38.4 Å². The topological polar surface area (TPSA) is 59.1 Å². The van der Waals surface area contributed by atoms with Crippen LogP contribution >= 0.6 is 0 Å². The smallest absolute Gasteiger partial charge is 0.416 e. The molecule has 0 aliphatic carbocycles. The number of hydrogen-bond donors (Lipinski definition) is 0. The maximum absolute atomic E-state index is 13.2. The van der Waals surface area contributed by atoms with Gasteiger partial charge in [-0.25, -0.2) is 9.86 Å². The van der Waals surface area contributed by atoms with Crippen LogP contribution in [-0.2, 0) is 33.6 Å². The molecular formula is C25H29F3N2O4. The highest BCUT2D eigenvalue weighted by molar-refractivity contribution is 5.77. The highest BCUT2D eigenvalue weighted by atomic mass is 19.4. The van der Waals surface area contributed by atoms with Crippen LogP contribution in [0.15, 0.2) is 54.6 Å². The van der Waals surface area contributed by atoms with Gasteiger partial charge >= 0.3 is 12.3 Å². The molecule has 3 rings (SSSR count). The number of ether oxygens (including phenoxy) is 1. The third kappa shape index (κ3) is 7.21. The zero-order valence-electron chi connectivity index (χ0n) is 19.5. The molecule has 1 saturated heterocycles. The fourth-order valence-electron chi connectivity index (χ4n) is 3.65. The highest BCUT2D eigenvalue weighted by Gasteiger charge is 2.36. The summed E-state index contributed by atoms with van der Waals surface area (Å²) < 4.78 is 45.2. The molecule has 6 nitrogen and oxygen atoms in total. The minimum Gasteiger partial charge on any atom is -0.444 e. The lowest BCUT2D eigenvalue weighted by atomic mass is 10.0. The molecule has 0 N–H and O–H groups in total. The summed E-state index contributed by atoms with van der Waals surface area (Å²) in [6.45, 7) is 5.40. The van der Waals surface area contributed by atoms with Gasteiger partial charge in [0.25, 0.3) is 0 Å². The lowest BCUT2D eigenvalue weighted by Gasteiger charge is -2.33. The van der Waals surface area contributed by atoms with Crippen molar-refractivity contribution in [2.45, 2.75) is 58.0 Å². The Bertz CT molecular complexity index is 990. The van der Waals surface area contributed by atoms with Crippen LogP contribution < -0.4 is 0 Å². The molecule has 2 aromatic rings. The van der Waals surface area contributed by atoms with Gasteiger partial charge in [-0.15, -0.1) is 0 Å². The Morgan fingerprint density at radius 2 is 1.71 bits per heavy atom. The monoisotopic (exact) mass is 478 g/mol. The third-order valence-corrected chi connectivity index (χ3v) is 5.25. The number of alkyl halides is 3. The molecule has 184 valence electrons. The van der Waals surface area contributed by atoms with E-state index in [9.17, 15) is 22.8 Å². The second-order valence-electron chi connectivity index (χ2n) is 9.19. The summed E-state index contributed by atoms with van der Waals surface area (Å²) in [5.74, 6) is -0.309. The molecule has 1 atom stereocenters. The third-order valence-electron chi connectivity index (χ3n) is 5.25. The molecule has 0 spiro atoms. The molecule has 1 fully saturated rings. The fraction of sp³-hybridized carbons (Fsp3) is 0.440. The summed E-state index contributed by atoms with van der Waals surface area (Å²) in [6.07, 6.45) is -5.00. The van der Waals surface area contributed by atoms with Crippen LogP contribution in [0.4, 0.5) is 18.0 Å². The first kappa shape index (κ1) is 25.6. The lowest BCUT2D eigenvalue weighted by Crippen LogP contribution is -2.47. The average Bonchev–Trinajstić information content (AvgIpc) is 2.90. The van der Waals surface area contributed by atoms with Crippen LogP contribution in [0.3, 0.4) is 0 Å². The van der Waals surface area contributed by atoms with E-state index in [0.717, 1.165) is 17.7 Å². The summed E-state index contributed by atoms with van der Waals surface area (Å²) in [6, 6.07) is 13.6. The van der Waals surface area contributed by atoms with Crippen LogP contribution in [0.25, 0.3) is 0 Å². The number of hydroxylamine groups is 2. The van der Waals surface area contributed by atoms with Gasteiger partial charge in [-0.1, -0.05) is 48.5 Å². The number of carbonyl (C=O) groups excluding carboxylic acids is 2. The molecule has 2 amide bonds. The van der Waals surface area contributed by atoms with E-state index < -0.39 is 29.5 Å². The number of halogens is 3. The Morgan fingerprint density at radius 1 is 1.03 bits per heavy atom. The number of benzene rings is 2. The van der Waals surface area contributed by atoms with Gasteiger partial charge in [0, 0.05) is 13.0 Å². The SMILES string of the molecule is CC(C)(C)OC(=O)N1CCC(=O)N(OCc2ccccc2)C[C@H]1Cc1cccc(C(F)(F)F)c1. The Balaban J connectivity index is 1.84. The van der Waals surface area contributed by atoms with E-state index in [4.69, 9.17) is 9.57 Å². The lowest BCUT2D eigenvalue weighted by molar-refractivity contribution is -0.192. The first-order valence-electron chi connectivity index (χ1n) is 11.1. The molecule has 9 heteroatoms. The molecule has 0 unspecified atom stereocenters. The van der Waals surface area contributed by atoms with Crippen LogP contribution in [0.5, 0.6) is 0 Å². The standard InChI is InChI=1S/C25H29F3N2O4/c1-24(2,3)34-23(32)29-13-12-22(31)30(33-17-18-8-5-4-6-9-18)16-21(29)15-19-10-7-11-20(14-19)25(26,27)28/h4-11,14,21H,12-13,15-17H2,1-3H3/t21-/m1/s1. The van der Waals surface area contributed by atoms with Gasteiger partial charge in [-0.2, -0.15) is 13.2 Å². The summed E-state index contributed by atoms with van der Waals surface area (Å²) in [5, 5.41) is 1.20. The first-order valence-corrected chi connectivity index (χ1v) is 11.1. The molecular weight excluding hydrogens is 449 g/mol. The average molecular weight is 479 g/mol. The zero-order chi connectivity index (χ0) is 24.9. The number of rotatable bonds is 5. The second-order valence-corrected chi connectivity index (χ2v) is 9.19. The van der Waals surface area contributed by atoms with Crippen molar-refractivity contribution in [3.63, 3.8) is 0 Å². The van der Waals surface area contributed by atoms with Crippen molar-refractivity contribution < 1.29 is 32.3 Å². The molecule has 34 heavy (non-hydrogen) atoms. The van der Waals surface area contributed by atoms with Gasteiger partial charge in [0.15, 0.2) is 0 Å². The fourth-order valence-corrected chi connectivity index (χ4v) is 3.65. The summed E-state index contributed by atoms with van der Waals surface area (Å²) in [7, 11) is 0. The maximum Gasteiger partial charge on any atom is 0.416 e. The normalized spacial score (nSPS) is 17.5. The number of hydrogen-bond acceptors (Lipinski definition) is 4. The van der Waals surface area contributed by atoms with Gasteiger partial charge in [0.1, 0.15) is 12.2 Å². The summed E-state index contributed by atoms with van der Waals surface area (Å²) in [4.78, 5) is 32.9. The van der Waals surface area contributed by atoms with E-state index in [1.54, 1.807) is 26.8 Å². The first-order chi connectivity index (χ1) is 15.9. The minimum absolute atomic E-state index is 0.00115. The minimum atomic E-state index is -4.48.